The molecule has 2 heteroatoms. The summed E-state index contributed by atoms with van der Waals surface area (Å²) in [5, 5.41) is 2.60. The van der Waals surface area contributed by atoms with Gasteiger partial charge in [-0.3, -0.25) is 0 Å². The Morgan fingerprint density at radius 3 is 2.00 bits per heavy atom. The number of nitrogens with zero attached hydrogens (tertiary/aromatic N) is 1. The van der Waals surface area contributed by atoms with E-state index in [1.54, 1.807) is 7.11 Å². The van der Waals surface area contributed by atoms with Crippen molar-refractivity contribution < 1.29 is 4.74 Å². The van der Waals surface area contributed by atoms with Gasteiger partial charge in [-0.05, 0) is 55.0 Å². The normalized spacial score (nSPS) is 12.2. The number of rotatable bonds is 4. The smallest absolute Gasteiger partial charge is 0.123 e. The van der Waals surface area contributed by atoms with Crippen LogP contribution in [0.5, 0.6) is 5.75 Å². The Hall–Kier alpha value is -1.96. The summed E-state index contributed by atoms with van der Waals surface area (Å²) >= 11 is 0. The molecular formula is C22H29NO. The largest absolute Gasteiger partial charge is 0.496 e. The summed E-state index contributed by atoms with van der Waals surface area (Å²) in [5.74, 6) is 1.97. The molecule has 0 fully saturated rings. The zero-order valence-electron chi connectivity index (χ0n) is 16.0. The fourth-order valence-electron chi connectivity index (χ4n) is 3.65. The highest BCUT2D eigenvalue weighted by Crippen LogP contribution is 2.39. The second-order valence-corrected chi connectivity index (χ2v) is 7.66. The molecule has 0 aliphatic carbocycles. The fourth-order valence-corrected chi connectivity index (χ4v) is 3.65. The molecule has 0 saturated heterocycles. The maximum Gasteiger partial charge on any atom is 0.123 e. The van der Waals surface area contributed by atoms with E-state index < -0.39 is 0 Å². The Morgan fingerprint density at radius 2 is 1.46 bits per heavy atom. The van der Waals surface area contributed by atoms with Crippen LogP contribution in [-0.4, -0.2) is 11.7 Å². The van der Waals surface area contributed by atoms with Crippen LogP contribution in [0, 0.1) is 0 Å². The molecule has 3 aromatic rings. The average Bonchev–Trinajstić information content (AvgIpc) is 2.85. The number of hydrogen-bond acceptors (Lipinski definition) is 1. The number of aromatic nitrogens is 1. The van der Waals surface area contributed by atoms with E-state index in [-0.39, 0.29) is 0 Å². The summed E-state index contributed by atoms with van der Waals surface area (Å²) in [6.45, 7) is 13.5. The molecule has 0 bridgehead atoms. The molecule has 0 radical (unpaired) electrons. The Balaban J connectivity index is 2.45. The van der Waals surface area contributed by atoms with Gasteiger partial charge in [0, 0.05) is 27.8 Å². The summed E-state index contributed by atoms with van der Waals surface area (Å²) in [7, 11) is 1.77. The van der Waals surface area contributed by atoms with E-state index in [0.717, 1.165) is 5.75 Å². The minimum atomic E-state index is 0.417. The fraction of sp³-hybridized carbons (Fsp3) is 0.455. The van der Waals surface area contributed by atoms with E-state index in [4.69, 9.17) is 4.74 Å². The molecule has 2 nitrogen and oxygen atoms in total. The molecule has 0 unspecified atom stereocenters. The third-order valence-corrected chi connectivity index (χ3v) is 4.98. The van der Waals surface area contributed by atoms with E-state index in [0.29, 0.717) is 17.9 Å². The van der Waals surface area contributed by atoms with Gasteiger partial charge in [-0.25, -0.2) is 0 Å². The van der Waals surface area contributed by atoms with Gasteiger partial charge in [-0.15, -0.1) is 0 Å². The summed E-state index contributed by atoms with van der Waals surface area (Å²) in [4.78, 5) is 0. The minimum Gasteiger partial charge on any atom is -0.496 e. The summed E-state index contributed by atoms with van der Waals surface area (Å²) < 4.78 is 8.16. The van der Waals surface area contributed by atoms with Crippen molar-refractivity contribution in [3.8, 4) is 5.75 Å². The van der Waals surface area contributed by atoms with Crippen LogP contribution in [-0.2, 0) is 0 Å². The third-order valence-electron chi connectivity index (χ3n) is 4.98. The van der Waals surface area contributed by atoms with Gasteiger partial charge in [-0.2, -0.15) is 0 Å². The highest BCUT2D eigenvalue weighted by Gasteiger charge is 2.18. The molecule has 0 saturated carbocycles. The highest BCUT2D eigenvalue weighted by molar-refractivity contribution is 6.09. The maximum atomic E-state index is 5.69. The van der Waals surface area contributed by atoms with Gasteiger partial charge in [0.1, 0.15) is 5.75 Å². The van der Waals surface area contributed by atoms with Gasteiger partial charge >= 0.3 is 0 Å². The van der Waals surface area contributed by atoms with Crippen LogP contribution in [0.3, 0.4) is 0 Å². The molecule has 0 N–H and O–H groups in total. The van der Waals surface area contributed by atoms with Crippen molar-refractivity contribution in [2.75, 3.05) is 7.11 Å². The van der Waals surface area contributed by atoms with Crippen LogP contribution >= 0.6 is 0 Å². The molecule has 3 rings (SSSR count). The Kier molecular flexibility index (Phi) is 4.33. The lowest BCUT2D eigenvalue weighted by molar-refractivity contribution is 0.408. The van der Waals surface area contributed by atoms with Crippen molar-refractivity contribution in [2.45, 2.75) is 59.4 Å². The monoisotopic (exact) mass is 323 g/mol. The van der Waals surface area contributed by atoms with Crippen molar-refractivity contribution in [2.24, 2.45) is 0 Å². The Labute approximate surface area is 145 Å². The molecule has 0 atom stereocenters. The van der Waals surface area contributed by atoms with E-state index >= 15 is 0 Å². The maximum absolute atomic E-state index is 5.69. The topological polar surface area (TPSA) is 14.2 Å². The molecule has 1 heterocycles. The summed E-state index contributed by atoms with van der Waals surface area (Å²) in [6.07, 6.45) is 0. The first kappa shape index (κ1) is 16.9. The van der Waals surface area contributed by atoms with Crippen LogP contribution in [0.15, 0.2) is 30.3 Å². The van der Waals surface area contributed by atoms with Gasteiger partial charge < -0.3 is 9.30 Å². The molecule has 0 amide bonds. The number of benzene rings is 2. The van der Waals surface area contributed by atoms with Gasteiger partial charge in [-0.1, -0.05) is 39.8 Å². The van der Waals surface area contributed by atoms with Crippen molar-refractivity contribution in [1.29, 1.82) is 0 Å². The first-order chi connectivity index (χ1) is 11.3. The predicted octanol–water partition coefficient (Wildman–Crippen LogP) is 6.63. The van der Waals surface area contributed by atoms with Crippen LogP contribution in [0.2, 0.25) is 0 Å². The quantitative estimate of drug-likeness (QED) is 0.525. The number of methoxy groups -OCH3 is 1. The first-order valence-corrected chi connectivity index (χ1v) is 9.00. The molecule has 0 aliphatic heterocycles. The minimum absolute atomic E-state index is 0.417. The molecule has 0 aliphatic rings. The van der Waals surface area contributed by atoms with Crippen LogP contribution in [0.25, 0.3) is 21.8 Å². The predicted molar refractivity (Wildman–Crippen MR) is 105 cm³/mol. The van der Waals surface area contributed by atoms with E-state index in [2.05, 4.69) is 76.4 Å². The van der Waals surface area contributed by atoms with Gasteiger partial charge in [0.25, 0.3) is 0 Å². The molecule has 2 aromatic carbocycles. The lowest BCUT2D eigenvalue weighted by Gasteiger charge is -2.16. The SMILES string of the molecule is COc1cc2c3ccc(C(C)C)cc3n(C(C)C)c2cc1C(C)C. The van der Waals surface area contributed by atoms with Crippen LogP contribution in [0.1, 0.15) is 70.5 Å². The zero-order valence-corrected chi connectivity index (χ0v) is 16.0. The summed E-state index contributed by atoms with van der Waals surface area (Å²) in [5.41, 5.74) is 5.31. The van der Waals surface area contributed by atoms with Crippen LogP contribution in [0.4, 0.5) is 0 Å². The standard InChI is InChI=1S/C22H29NO/c1-13(2)16-8-9-17-19-12-22(24-7)18(14(3)4)11-21(19)23(15(5)6)20(17)10-16/h8-15H,1-7H3. The Morgan fingerprint density at radius 1 is 0.792 bits per heavy atom. The third kappa shape index (κ3) is 2.58. The Bertz CT molecular complexity index is 884. The van der Waals surface area contributed by atoms with Gasteiger partial charge in [0.15, 0.2) is 0 Å². The van der Waals surface area contributed by atoms with Crippen LogP contribution < -0.4 is 4.74 Å². The second kappa shape index (κ2) is 6.16. The molecule has 24 heavy (non-hydrogen) atoms. The zero-order chi connectivity index (χ0) is 17.6. The first-order valence-electron chi connectivity index (χ1n) is 9.00. The number of ether oxygens (including phenoxy) is 1. The van der Waals surface area contributed by atoms with Crippen molar-refractivity contribution >= 4 is 21.8 Å². The lowest BCUT2D eigenvalue weighted by atomic mass is 9.98. The number of fused-ring (bicyclic) bond motifs is 3. The van der Waals surface area contributed by atoms with Gasteiger partial charge in [0.05, 0.1) is 7.11 Å². The molecule has 1 aromatic heterocycles. The average molecular weight is 323 g/mol. The van der Waals surface area contributed by atoms with Gasteiger partial charge in [0.2, 0.25) is 0 Å². The molecular weight excluding hydrogens is 294 g/mol. The lowest BCUT2D eigenvalue weighted by Crippen LogP contribution is -2.02. The molecule has 128 valence electrons. The summed E-state index contributed by atoms with van der Waals surface area (Å²) in [6, 6.07) is 11.9. The second-order valence-electron chi connectivity index (χ2n) is 7.66. The highest BCUT2D eigenvalue weighted by atomic mass is 16.5. The van der Waals surface area contributed by atoms with Crippen molar-refractivity contribution in [1.82, 2.24) is 4.57 Å². The molecule has 0 spiro atoms. The van der Waals surface area contributed by atoms with E-state index in [1.165, 1.54) is 32.9 Å². The van der Waals surface area contributed by atoms with E-state index in [1.807, 2.05) is 0 Å². The number of hydrogen-bond donors (Lipinski definition) is 0. The van der Waals surface area contributed by atoms with Crippen molar-refractivity contribution in [3.05, 3.63) is 41.5 Å². The van der Waals surface area contributed by atoms with Crippen molar-refractivity contribution in [3.63, 3.8) is 0 Å². The van der Waals surface area contributed by atoms with E-state index in [9.17, 15) is 0 Å².